The van der Waals surface area contributed by atoms with Gasteiger partial charge in [0.15, 0.2) is 11.6 Å². The van der Waals surface area contributed by atoms with Gasteiger partial charge in [-0.25, -0.2) is 18.4 Å². The highest BCUT2D eigenvalue weighted by atomic mass is 19.2. The van der Waals surface area contributed by atoms with Crippen LogP contribution >= 0.6 is 0 Å². The van der Waals surface area contributed by atoms with E-state index in [-0.39, 0.29) is 17.7 Å². The molecule has 0 aliphatic heterocycles. The third-order valence-electron chi connectivity index (χ3n) is 6.20. The molecule has 0 spiro atoms. The molecule has 0 N–H and O–H groups in total. The smallest absolute Gasteiger partial charge is 0.339 e. The van der Waals surface area contributed by atoms with Crippen LogP contribution < -0.4 is 0 Å². The van der Waals surface area contributed by atoms with Gasteiger partial charge in [-0.15, -0.1) is 0 Å². The molecule has 36 heavy (non-hydrogen) atoms. The molecule has 0 radical (unpaired) electrons. The van der Waals surface area contributed by atoms with Crippen molar-refractivity contribution >= 4 is 11.9 Å². The van der Waals surface area contributed by atoms with Gasteiger partial charge in [0.2, 0.25) is 0 Å². The van der Waals surface area contributed by atoms with Gasteiger partial charge in [-0.3, -0.25) is 0 Å². The maximum atomic E-state index is 13.3. The van der Waals surface area contributed by atoms with Crippen molar-refractivity contribution in [3.8, 4) is 0 Å². The number of halogens is 2. The fraction of sp³-hybridized carbons (Fsp3) is 0.533. The van der Waals surface area contributed by atoms with Crippen molar-refractivity contribution < 1.29 is 27.8 Å². The molecular weight excluding hydrogens is 462 g/mol. The average molecular weight is 503 g/mol. The van der Waals surface area contributed by atoms with Crippen LogP contribution in [-0.2, 0) is 16.1 Å². The summed E-state index contributed by atoms with van der Waals surface area (Å²) in [4.78, 5) is 25.0. The van der Waals surface area contributed by atoms with Crippen LogP contribution in [0.25, 0.3) is 0 Å². The van der Waals surface area contributed by atoms with Crippen molar-refractivity contribution in [1.29, 1.82) is 0 Å². The number of hydrogen-bond acceptors (Lipinski definition) is 4. The minimum Gasteiger partial charge on any atom is -0.462 e. The molecule has 0 bridgehead atoms. The monoisotopic (exact) mass is 502 g/mol. The molecule has 6 heteroatoms. The summed E-state index contributed by atoms with van der Waals surface area (Å²) in [7, 11) is 0. The summed E-state index contributed by atoms with van der Waals surface area (Å²) in [6, 6.07) is 9.54. The average Bonchev–Trinajstić information content (AvgIpc) is 2.89. The number of rotatable bonds is 18. The molecule has 2 aromatic carbocycles. The molecule has 0 aliphatic rings. The second-order valence-corrected chi connectivity index (χ2v) is 9.25. The lowest BCUT2D eigenvalue weighted by Crippen LogP contribution is -2.14. The first-order valence-corrected chi connectivity index (χ1v) is 13.4. The lowest BCUT2D eigenvalue weighted by Gasteiger charge is -2.10. The number of hydrogen-bond donors (Lipinski definition) is 0. The van der Waals surface area contributed by atoms with Crippen molar-refractivity contribution in [2.75, 3.05) is 6.61 Å². The van der Waals surface area contributed by atoms with Crippen molar-refractivity contribution in [2.45, 2.75) is 97.0 Å². The largest absolute Gasteiger partial charge is 0.462 e. The second-order valence-electron chi connectivity index (χ2n) is 9.25. The summed E-state index contributed by atoms with van der Waals surface area (Å²) < 4.78 is 37.0. The summed E-state index contributed by atoms with van der Waals surface area (Å²) in [5, 5.41) is 0. The maximum absolute atomic E-state index is 13.3. The Balaban J connectivity index is 1.61. The highest BCUT2D eigenvalue weighted by molar-refractivity contribution is 6.03. The van der Waals surface area contributed by atoms with E-state index in [9.17, 15) is 18.4 Å². The minimum absolute atomic E-state index is 0.0791. The molecule has 0 saturated carbocycles. The normalized spacial score (nSPS) is 10.9. The van der Waals surface area contributed by atoms with Gasteiger partial charge < -0.3 is 9.47 Å². The lowest BCUT2D eigenvalue weighted by molar-refractivity contribution is 0.0436. The first kappa shape index (κ1) is 29.5. The Morgan fingerprint density at radius 3 is 1.67 bits per heavy atom. The van der Waals surface area contributed by atoms with E-state index < -0.39 is 23.6 Å². The third kappa shape index (κ3) is 11.3. The van der Waals surface area contributed by atoms with E-state index >= 15 is 0 Å². The van der Waals surface area contributed by atoms with E-state index in [1.54, 1.807) is 12.1 Å². The minimum atomic E-state index is -1.01. The summed E-state index contributed by atoms with van der Waals surface area (Å²) in [5.41, 5.74) is 0.516. The Bertz CT molecular complexity index is 929. The molecule has 0 fully saturated rings. The molecule has 0 saturated heterocycles. The SMILES string of the molecule is CCCCCCCCCCCCCCCOC(=O)c1ccccc1C(=O)OCc1ccc(F)c(F)c1. The van der Waals surface area contributed by atoms with Crippen LogP contribution in [0.3, 0.4) is 0 Å². The molecule has 198 valence electrons. The highest BCUT2D eigenvalue weighted by Crippen LogP contribution is 2.16. The maximum Gasteiger partial charge on any atom is 0.339 e. The number of ether oxygens (including phenoxy) is 2. The van der Waals surface area contributed by atoms with Gasteiger partial charge in [0.1, 0.15) is 6.61 Å². The number of benzene rings is 2. The standard InChI is InChI=1S/C30H40F2O4/c1-2-3-4-5-6-7-8-9-10-11-12-13-16-21-35-29(33)25-17-14-15-18-26(25)30(34)36-23-24-19-20-27(31)28(32)22-24/h14-15,17-20,22H,2-13,16,21,23H2,1H3. The van der Waals surface area contributed by atoms with Crippen LogP contribution in [0.4, 0.5) is 8.78 Å². The third-order valence-corrected chi connectivity index (χ3v) is 6.20. The van der Waals surface area contributed by atoms with Gasteiger partial charge in [0.25, 0.3) is 0 Å². The first-order chi connectivity index (χ1) is 17.5. The van der Waals surface area contributed by atoms with Gasteiger partial charge in [-0.05, 0) is 36.2 Å². The molecule has 2 rings (SSSR count). The summed E-state index contributed by atoms with van der Waals surface area (Å²) in [6.07, 6.45) is 16.1. The zero-order valence-corrected chi connectivity index (χ0v) is 21.5. The van der Waals surface area contributed by atoms with Crippen molar-refractivity contribution in [3.05, 3.63) is 70.8 Å². The fourth-order valence-electron chi connectivity index (χ4n) is 4.06. The van der Waals surface area contributed by atoms with Gasteiger partial charge in [-0.1, -0.05) is 102 Å². The molecule has 0 unspecified atom stereocenters. The van der Waals surface area contributed by atoms with Gasteiger partial charge >= 0.3 is 11.9 Å². The van der Waals surface area contributed by atoms with E-state index in [1.165, 1.54) is 82.4 Å². The first-order valence-electron chi connectivity index (χ1n) is 13.4. The molecule has 0 heterocycles. The molecule has 2 aromatic rings. The van der Waals surface area contributed by atoms with Crippen LogP contribution in [0, 0.1) is 11.6 Å². The van der Waals surface area contributed by atoms with Gasteiger partial charge in [-0.2, -0.15) is 0 Å². The summed E-state index contributed by atoms with van der Waals surface area (Å²) in [5.74, 6) is -3.29. The molecular formula is C30H40F2O4. The summed E-state index contributed by atoms with van der Waals surface area (Å²) >= 11 is 0. The van der Waals surface area contributed by atoms with Crippen LogP contribution in [0.1, 0.15) is 117 Å². The van der Waals surface area contributed by atoms with Crippen LogP contribution in [0.15, 0.2) is 42.5 Å². The van der Waals surface area contributed by atoms with Gasteiger partial charge in [0, 0.05) is 0 Å². The van der Waals surface area contributed by atoms with Crippen molar-refractivity contribution in [2.24, 2.45) is 0 Å². The quantitative estimate of drug-likeness (QED) is 0.151. The topological polar surface area (TPSA) is 52.6 Å². The Labute approximate surface area is 214 Å². The molecule has 0 atom stereocenters. The molecule has 0 aliphatic carbocycles. The van der Waals surface area contributed by atoms with Crippen LogP contribution in [0.2, 0.25) is 0 Å². The predicted molar refractivity (Wildman–Crippen MR) is 138 cm³/mol. The van der Waals surface area contributed by atoms with E-state index in [0.717, 1.165) is 31.4 Å². The molecule has 0 amide bonds. The highest BCUT2D eigenvalue weighted by Gasteiger charge is 2.19. The van der Waals surface area contributed by atoms with E-state index in [2.05, 4.69) is 6.92 Å². The van der Waals surface area contributed by atoms with Crippen molar-refractivity contribution in [3.63, 3.8) is 0 Å². The van der Waals surface area contributed by atoms with Crippen LogP contribution in [0.5, 0.6) is 0 Å². The Morgan fingerprint density at radius 2 is 1.14 bits per heavy atom. The van der Waals surface area contributed by atoms with Crippen molar-refractivity contribution in [1.82, 2.24) is 0 Å². The Hall–Kier alpha value is -2.76. The zero-order valence-electron chi connectivity index (χ0n) is 21.5. The lowest BCUT2D eigenvalue weighted by atomic mass is 10.0. The molecule has 4 nitrogen and oxygen atoms in total. The van der Waals surface area contributed by atoms with E-state index in [4.69, 9.17) is 9.47 Å². The Kier molecular flexibility index (Phi) is 14.4. The van der Waals surface area contributed by atoms with Crippen LogP contribution in [-0.4, -0.2) is 18.5 Å². The second kappa shape index (κ2) is 17.6. The van der Waals surface area contributed by atoms with E-state index in [0.29, 0.717) is 12.2 Å². The Morgan fingerprint density at radius 1 is 0.639 bits per heavy atom. The fourth-order valence-corrected chi connectivity index (χ4v) is 4.06. The molecule has 0 aromatic heterocycles. The zero-order chi connectivity index (χ0) is 26.0. The number of unbranched alkanes of at least 4 members (excludes halogenated alkanes) is 12. The predicted octanol–water partition coefficient (Wildman–Crippen LogP) is 8.57. The summed E-state index contributed by atoms with van der Waals surface area (Å²) in [6.45, 7) is 2.31. The van der Waals surface area contributed by atoms with E-state index in [1.807, 2.05) is 0 Å². The number of esters is 2. The number of carbonyl (C=O) groups is 2. The number of carbonyl (C=O) groups excluding carboxylic acids is 2. The van der Waals surface area contributed by atoms with Gasteiger partial charge in [0.05, 0.1) is 17.7 Å².